The molecule has 2 atom stereocenters. The van der Waals surface area contributed by atoms with Crippen LogP contribution in [0.5, 0.6) is 17.4 Å². The molecule has 156 valence electrons. The van der Waals surface area contributed by atoms with Crippen LogP contribution in [0.3, 0.4) is 0 Å². The Kier molecular flexibility index (Phi) is 4.99. The molecule has 6 heteroatoms. The fourth-order valence-electron chi connectivity index (χ4n) is 4.14. The maximum atomic E-state index is 10.0. The van der Waals surface area contributed by atoms with Crippen LogP contribution in [-0.2, 0) is 32.2 Å². The molecule has 0 fully saturated rings. The smallest absolute Gasteiger partial charge is 0.217 e. The number of aliphatic imine (C=N–C) groups is 1. The van der Waals surface area contributed by atoms with Crippen molar-refractivity contribution >= 4 is 16.8 Å². The summed E-state index contributed by atoms with van der Waals surface area (Å²) in [6, 6.07) is 26.2. The molecule has 4 aromatic rings. The van der Waals surface area contributed by atoms with Gasteiger partial charge in [0.05, 0.1) is 0 Å². The van der Waals surface area contributed by atoms with Crippen molar-refractivity contribution in [1.82, 2.24) is 4.98 Å². The number of nitrogens with zero attached hydrogens (tertiary/aromatic N) is 2. The summed E-state index contributed by atoms with van der Waals surface area (Å²) in [6.07, 6.45) is 0.912. The van der Waals surface area contributed by atoms with Crippen LogP contribution in [0.15, 0.2) is 77.8 Å². The molecule has 1 aromatic heterocycles. The van der Waals surface area contributed by atoms with Gasteiger partial charge in [0, 0.05) is 44.7 Å². The Morgan fingerprint density at radius 2 is 1.84 bits per heavy atom. The first-order chi connectivity index (χ1) is 14.7. The Balaban J connectivity index is 0.00000204. The van der Waals surface area contributed by atoms with Gasteiger partial charge in [-0.25, -0.2) is 4.98 Å². The minimum Gasteiger partial charge on any atom is -0.514 e. The average molecular weight is 589 g/mol. The zero-order valence-corrected chi connectivity index (χ0v) is 18.5. The van der Waals surface area contributed by atoms with Crippen LogP contribution < -0.4 is 4.74 Å². The fourth-order valence-corrected chi connectivity index (χ4v) is 4.14. The van der Waals surface area contributed by atoms with Crippen LogP contribution in [0.1, 0.15) is 22.7 Å². The summed E-state index contributed by atoms with van der Waals surface area (Å²) in [4.78, 5) is 9.24. The Morgan fingerprint density at radius 1 is 0.968 bits per heavy atom. The largest absolute Gasteiger partial charge is 0.514 e. The quantitative estimate of drug-likeness (QED) is 0.344. The van der Waals surface area contributed by atoms with E-state index in [1.165, 1.54) is 11.1 Å². The Morgan fingerprint density at radius 3 is 2.77 bits per heavy atom. The van der Waals surface area contributed by atoms with Crippen molar-refractivity contribution < 1.29 is 35.6 Å². The molecule has 2 heterocycles. The fraction of sp³-hybridized carbons (Fsp3) is 0.120. The molecule has 2 aliphatic rings. The number of phenols is 1. The van der Waals surface area contributed by atoms with Gasteiger partial charge in [-0.05, 0) is 23.3 Å². The van der Waals surface area contributed by atoms with Crippen LogP contribution in [0.25, 0.3) is 10.9 Å². The number of hydrogen-bond donors (Lipinski definition) is 1. The van der Waals surface area contributed by atoms with Crippen LogP contribution in [0.4, 0.5) is 0 Å². The number of fused-ring (bicyclic) bond motifs is 4. The zero-order valence-electron chi connectivity index (χ0n) is 16.3. The molecule has 1 aliphatic carbocycles. The van der Waals surface area contributed by atoms with Gasteiger partial charge < -0.3 is 14.6 Å². The first-order valence-corrected chi connectivity index (χ1v) is 9.86. The van der Waals surface area contributed by atoms with E-state index in [0.29, 0.717) is 23.0 Å². The molecular weight excluding hydrogens is 571 g/mol. The number of ether oxygens (including phenoxy) is 2. The molecule has 0 amide bonds. The first kappa shape index (κ1) is 19.8. The van der Waals surface area contributed by atoms with E-state index in [2.05, 4.69) is 29.2 Å². The van der Waals surface area contributed by atoms with E-state index in [1.807, 2.05) is 36.4 Å². The van der Waals surface area contributed by atoms with Crippen molar-refractivity contribution in [3.63, 3.8) is 0 Å². The van der Waals surface area contributed by atoms with E-state index in [1.54, 1.807) is 18.2 Å². The molecule has 0 spiro atoms. The van der Waals surface area contributed by atoms with Gasteiger partial charge in [0.2, 0.25) is 5.88 Å². The monoisotopic (exact) mass is 588 g/mol. The molecular formula is C25H17N2O3Pt-. The van der Waals surface area contributed by atoms with Gasteiger partial charge in [0.15, 0.2) is 0 Å². The maximum Gasteiger partial charge on any atom is 0.217 e. The summed E-state index contributed by atoms with van der Waals surface area (Å²) in [6.45, 7) is 0. The minimum absolute atomic E-state index is 0. The van der Waals surface area contributed by atoms with Gasteiger partial charge in [-0.1, -0.05) is 48.0 Å². The minimum atomic E-state index is 0. The molecule has 0 unspecified atom stereocenters. The number of rotatable bonds is 3. The van der Waals surface area contributed by atoms with Gasteiger partial charge in [0.1, 0.15) is 29.3 Å². The number of phenolic OH excluding ortho intramolecular Hbond substituents is 1. The molecule has 6 rings (SSSR count). The van der Waals surface area contributed by atoms with E-state index in [4.69, 9.17) is 14.5 Å². The second-order valence-electron chi connectivity index (χ2n) is 7.47. The van der Waals surface area contributed by atoms with Crippen molar-refractivity contribution in [2.45, 2.75) is 18.6 Å². The van der Waals surface area contributed by atoms with Crippen LogP contribution >= 0.6 is 0 Å². The molecule has 5 nitrogen and oxygen atoms in total. The third-order valence-electron chi connectivity index (χ3n) is 5.55. The number of benzene rings is 3. The standard InChI is InChI=1S/C25H17N2O3.Pt/c28-20-10-4-6-15-11-12-22(26-23(15)20)29-18-8-3-7-17(13-18)25-27-24-19-9-2-1-5-16(19)14-21(24)30-25;/h1-12,21,24,28H,14H2;/q-1;/t21-,24+;/m1./s1. The molecule has 3 aromatic carbocycles. The summed E-state index contributed by atoms with van der Waals surface area (Å²) in [5.74, 6) is 1.61. The van der Waals surface area contributed by atoms with E-state index >= 15 is 0 Å². The maximum absolute atomic E-state index is 10.0. The summed E-state index contributed by atoms with van der Waals surface area (Å²) < 4.78 is 12.1. The number of hydrogen-bond acceptors (Lipinski definition) is 5. The van der Waals surface area contributed by atoms with Gasteiger partial charge in [-0.15, -0.1) is 18.2 Å². The van der Waals surface area contributed by atoms with Crippen molar-refractivity contribution in [2.24, 2.45) is 4.99 Å². The number of para-hydroxylation sites is 1. The van der Waals surface area contributed by atoms with Crippen molar-refractivity contribution in [3.05, 3.63) is 95.6 Å². The predicted molar refractivity (Wildman–Crippen MR) is 113 cm³/mol. The van der Waals surface area contributed by atoms with Gasteiger partial charge in [-0.2, -0.15) is 0 Å². The number of aromatic nitrogens is 1. The van der Waals surface area contributed by atoms with Crippen molar-refractivity contribution in [3.8, 4) is 17.4 Å². The Bertz CT molecular complexity index is 1320. The molecule has 31 heavy (non-hydrogen) atoms. The molecule has 1 aliphatic heterocycles. The SMILES string of the molecule is Oc1cccc2ccc(Oc3[c-]c(C4=N[C@H]5c6ccccc6C[C@H]5O4)ccc3)nc12.[Pt]. The van der Waals surface area contributed by atoms with Gasteiger partial charge in [-0.3, -0.25) is 4.99 Å². The molecule has 0 saturated carbocycles. The Labute approximate surface area is 193 Å². The van der Waals surface area contributed by atoms with Crippen molar-refractivity contribution in [1.29, 1.82) is 0 Å². The second kappa shape index (κ2) is 7.82. The van der Waals surface area contributed by atoms with Crippen molar-refractivity contribution in [2.75, 3.05) is 0 Å². The molecule has 1 N–H and O–H groups in total. The summed E-state index contributed by atoms with van der Waals surface area (Å²) in [7, 11) is 0. The van der Waals surface area contributed by atoms with Crippen LogP contribution in [-0.4, -0.2) is 22.1 Å². The first-order valence-electron chi connectivity index (χ1n) is 9.86. The topological polar surface area (TPSA) is 63.9 Å². The summed E-state index contributed by atoms with van der Waals surface area (Å²) >= 11 is 0. The number of aromatic hydroxyl groups is 1. The van der Waals surface area contributed by atoms with Gasteiger partial charge >= 0.3 is 0 Å². The summed E-state index contributed by atoms with van der Waals surface area (Å²) in [5.41, 5.74) is 3.80. The summed E-state index contributed by atoms with van der Waals surface area (Å²) in [5, 5.41) is 10.9. The second-order valence-corrected chi connectivity index (χ2v) is 7.47. The average Bonchev–Trinajstić information content (AvgIpc) is 3.33. The molecule has 0 radical (unpaired) electrons. The number of pyridine rings is 1. The third-order valence-corrected chi connectivity index (χ3v) is 5.55. The molecule has 0 saturated heterocycles. The predicted octanol–water partition coefficient (Wildman–Crippen LogP) is 4.97. The van der Waals surface area contributed by atoms with E-state index in [0.717, 1.165) is 17.4 Å². The Hall–Kier alpha value is -3.17. The van der Waals surface area contributed by atoms with Gasteiger partial charge in [0.25, 0.3) is 0 Å². The third kappa shape index (κ3) is 3.49. The van der Waals surface area contributed by atoms with E-state index < -0.39 is 0 Å². The van der Waals surface area contributed by atoms with E-state index in [9.17, 15) is 5.11 Å². The van der Waals surface area contributed by atoms with E-state index in [-0.39, 0.29) is 39.0 Å². The normalized spacial score (nSPS) is 18.5. The molecule has 0 bridgehead atoms. The zero-order chi connectivity index (χ0) is 20.1. The van der Waals surface area contributed by atoms with Crippen LogP contribution in [0.2, 0.25) is 0 Å². The van der Waals surface area contributed by atoms with Crippen LogP contribution in [0, 0.1) is 6.07 Å².